The zero-order chi connectivity index (χ0) is 23.1. The molecule has 1 saturated heterocycles. The van der Waals surface area contributed by atoms with E-state index in [1.165, 1.54) is 18.2 Å². The van der Waals surface area contributed by atoms with E-state index in [2.05, 4.69) is 15.4 Å². The number of urea groups is 1. The lowest BCUT2D eigenvalue weighted by atomic mass is 9.97. The van der Waals surface area contributed by atoms with Gasteiger partial charge in [0.1, 0.15) is 11.9 Å². The lowest BCUT2D eigenvalue weighted by Crippen LogP contribution is -2.52. The van der Waals surface area contributed by atoms with Gasteiger partial charge in [0.25, 0.3) is 0 Å². The number of anilines is 1. The first-order valence-electron chi connectivity index (χ1n) is 10.4. The van der Waals surface area contributed by atoms with E-state index in [4.69, 9.17) is 4.74 Å². The van der Waals surface area contributed by atoms with Crippen molar-refractivity contribution in [2.45, 2.75) is 49.3 Å². The number of aliphatic hydroxyl groups excluding tert-OH is 1. The molecular formula is C22H28FN3O5S. The topological polar surface area (TPSA) is 117 Å². The molecule has 1 fully saturated rings. The molecule has 1 aliphatic heterocycles. The number of aliphatic hydroxyl groups is 1. The van der Waals surface area contributed by atoms with Gasteiger partial charge in [-0.05, 0) is 50.5 Å². The SMILES string of the molecule is Cc1ccc(S(=O)(=O)NCC[C@H]2CC[C@H](NC(=O)Nc3ccccc3F)[C@@H](CO)O2)cc1. The summed E-state index contributed by atoms with van der Waals surface area (Å²) in [6.45, 7) is 1.76. The van der Waals surface area contributed by atoms with Crippen molar-refractivity contribution < 1.29 is 27.4 Å². The molecule has 174 valence electrons. The lowest BCUT2D eigenvalue weighted by molar-refractivity contribution is -0.0884. The summed E-state index contributed by atoms with van der Waals surface area (Å²) in [6, 6.07) is 11.4. The van der Waals surface area contributed by atoms with Gasteiger partial charge >= 0.3 is 6.03 Å². The van der Waals surface area contributed by atoms with Gasteiger partial charge in [0, 0.05) is 6.54 Å². The number of benzene rings is 2. The Morgan fingerprint density at radius 1 is 1.16 bits per heavy atom. The zero-order valence-corrected chi connectivity index (χ0v) is 18.6. The molecule has 0 aliphatic carbocycles. The summed E-state index contributed by atoms with van der Waals surface area (Å²) in [5, 5.41) is 14.8. The van der Waals surface area contributed by atoms with Gasteiger partial charge < -0.3 is 20.5 Å². The average molecular weight is 466 g/mol. The second-order valence-electron chi connectivity index (χ2n) is 7.74. The first-order valence-corrected chi connectivity index (χ1v) is 11.9. The predicted octanol–water partition coefficient (Wildman–Crippen LogP) is 2.53. The van der Waals surface area contributed by atoms with Crippen molar-refractivity contribution in [3.05, 3.63) is 59.9 Å². The third-order valence-electron chi connectivity index (χ3n) is 5.32. The van der Waals surface area contributed by atoms with Crippen LogP contribution in [0.5, 0.6) is 0 Å². The molecule has 2 aromatic carbocycles. The molecular weight excluding hydrogens is 437 g/mol. The van der Waals surface area contributed by atoms with E-state index in [1.807, 2.05) is 6.92 Å². The second kappa shape index (κ2) is 10.9. The van der Waals surface area contributed by atoms with E-state index in [9.17, 15) is 22.7 Å². The molecule has 2 aromatic rings. The van der Waals surface area contributed by atoms with Gasteiger partial charge in [0.15, 0.2) is 0 Å². The van der Waals surface area contributed by atoms with Crippen LogP contribution >= 0.6 is 0 Å². The van der Waals surface area contributed by atoms with Crippen molar-refractivity contribution in [1.29, 1.82) is 0 Å². The van der Waals surface area contributed by atoms with Crippen molar-refractivity contribution >= 4 is 21.7 Å². The molecule has 4 N–H and O–H groups in total. The van der Waals surface area contributed by atoms with Crippen LogP contribution in [-0.4, -0.2) is 51.0 Å². The number of para-hydroxylation sites is 1. The van der Waals surface area contributed by atoms with E-state index in [-0.39, 0.29) is 29.8 Å². The van der Waals surface area contributed by atoms with Crippen LogP contribution in [0.3, 0.4) is 0 Å². The fourth-order valence-electron chi connectivity index (χ4n) is 3.55. The second-order valence-corrected chi connectivity index (χ2v) is 9.51. The number of aryl methyl sites for hydroxylation is 1. The number of nitrogens with one attached hydrogen (secondary N) is 3. The maximum absolute atomic E-state index is 13.7. The summed E-state index contributed by atoms with van der Waals surface area (Å²) in [5.41, 5.74) is 1.03. The van der Waals surface area contributed by atoms with Crippen LogP contribution in [0.15, 0.2) is 53.4 Å². The van der Waals surface area contributed by atoms with Crippen LogP contribution in [0.2, 0.25) is 0 Å². The first kappa shape index (κ1) is 24.1. The van der Waals surface area contributed by atoms with Crippen LogP contribution in [-0.2, 0) is 14.8 Å². The number of rotatable bonds is 8. The number of ether oxygens (including phenoxy) is 1. The largest absolute Gasteiger partial charge is 0.394 e. The smallest absolute Gasteiger partial charge is 0.319 e. The summed E-state index contributed by atoms with van der Waals surface area (Å²) in [5.74, 6) is -0.547. The Bertz CT molecular complexity index is 1020. The molecule has 0 saturated carbocycles. The van der Waals surface area contributed by atoms with Crippen LogP contribution in [0.1, 0.15) is 24.8 Å². The monoisotopic (exact) mass is 465 g/mol. The Balaban J connectivity index is 1.47. The molecule has 32 heavy (non-hydrogen) atoms. The standard InChI is InChI=1S/C22H28FN3O5S/c1-15-6-9-17(10-7-15)32(29,30)24-13-12-16-8-11-20(21(14-27)31-16)26-22(28)25-19-5-3-2-4-18(19)23/h2-7,9-10,16,20-21,24,27H,8,11-14H2,1H3,(H2,25,26,28)/t16-,20+,21-/m1/s1. The molecule has 0 aromatic heterocycles. The van der Waals surface area contributed by atoms with Gasteiger partial charge in [-0.15, -0.1) is 0 Å². The minimum atomic E-state index is -3.61. The predicted molar refractivity (Wildman–Crippen MR) is 118 cm³/mol. The van der Waals surface area contributed by atoms with Crippen molar-refractivity contribution in [2.75, 3.05) is 18.5 Å². The van der Waals surface area contributed by atoms with Gasteiger partial charge in [0.2, 0.25) is 10.0 Å². The maximum Gasteiger partial charge on any atom is 0.319 e. The number of sulfonamides is 1. The molecule has 0 bridgehead atoms. The molecule has 0 spiro atoms. The Labute approximate surface area is 187 Å². The number of carbonyl (C=O) groups excluding carboxylic acids is 1. The van der Waals surface area contributed by atoms with Crippen LogP contribution in [0, 0.1) is 12.7 Å². The molecule has 3 rings (SSSR count). The Morgan fingerprint density at radius 3 is 2.56 bits per heavy atom. The van der Waals surface area contributed by atoms with E-state index >= 15 is 0 Å². The fraction of sp³-hybridized carbons (Fsp3) is 0.409. The molecule has 3 atom stereocenters. The number of halogens is 1. The van der Waals surface area contributed by atoms with E-state index < -0.39 is 34.0 Å². The van der Waals surface area contributed by atoms with Crippen molar-refractivity contribution in [3.63, 3.8) is 0 Å². The first-order chi connectivity index (χ1) is 15.3. The van der Waals surface area contributed by atoms with Crippen LogP contribution in [0.4, 0.5) is 14.9 Å². The highest BCUT2D eigenvalue weighted by atomic mass is 32.2. The number of hydrogen-bond acceptors (Lipinski definition) is 5. The van der Waals surface area contributed by atoms with Gasteiger partial charge in [-0.3, -0.25) is 0 Å². The molecule has 0 unspecified atom stereocenters. The Morgan fingerprint density at radius 2 is 1.88 bits per heavy atom. The molecule has 2 amide bonds. The number of amides is 2. The molecule has 0 radical (unpaired) electrons. The van der Waals surface area contributed by atoms with Crippen molar-refractivity contribution in [1.82, 2.24) is 10.0 Å². The van der Waals surface area contributed by atoms with Gasteiger partial charge in [-0.2, -0.15) is 0 Å². The highest BCUT2D eigenvalue weighted by molar-refractivity contribution is 7.89. The minimum absolute atomic E-state index is 0.0565. The Kier molecular flexibility index (Phi) is 8.19. The highest BCUT2D eigenvalue weighted by Crippen LogP contribution is 2.22. The van der Waals surface area contributed by atoms with Crippen molar-refractivity contribution in [2.24, 2.45) is 0 Å². The number of hydrogen-bond donors (Lipinski definition) is 4. The minimum Gasteiger partial charge on any atom is -0.394 e. The lowest BCUT2D eigenvalue weighted by Gasteiger charge is -2.36. The quantitative estimate of drug-likeness (QED) is 0.478. The molecule has 1 heterocycles. The normalized spacial score (nSPS) is 21.2. The summed E-state index contributed by atoms with van der Waals surface area (Å²) < 4.78 is 46.9. The summed E-state index contributed by atoms with van der Waals surface area (Å²) in [6.07, 6.45) is 0.628. The third kappa shape index (κ3) is 6.49. The molecule has 10 heteroatoms. The highest BCUT2D eigenvalue weighted by Gasteiger charge is 2.32. The van der Waals surface area contributed by atoms with Crippen molar-refractivity contribution in [3.8, 4) is 0 Å². The van der Waals surface area contributed by atoms with Gasteiger partial charge in [-0.25, -0.2) is 22.3 Å². The van der Waals surface area contributed by atoms with E-state index in [1.54, 1.807) is 30.3 Å². The number of carbonyl (C=O) groups is 1. The van der Waals surface area contributed by atoms with Gasteiger partial charge in [0.05, 0.1) is 29.3 Å². The Hall–Kier alpha value is -2.53. The van der Waals surface area contributed by atoms with E-state index in [0.717, 1.165) is 5.56 Å². The fourth-order valence-corrected chi connectivity index (χ4v) is 4.60. The van der Waals surface area contributed by atoms with Crippen LogP contribution in [0.25, 0.3) is 0 Å². The summed E-state index contributed by atoms with van der Waals surface area (Å²) in [7, 11) is -3.61. The summed E-state index contributed by atoms with van der Waals surface area (Å²) in [4.78, 5) is 12.4. The zero-order valence-electron chi connectivity index (χ0n) is 17.8. The summed E-state index contributed by atoms with van der Waals surface area (Å²) >= 11 is 0. The van der Waals surface area contributed by atoms with E-state index in [0.29, 0.717) is 19.3 Å². The van der Waals surface area contributed by atoms with Crippen LogP contribution < -0.4 is 15.4 Å². The third-order valence-corrected chi connectivity index (χ3v) is 6.80. The average Bonchev–Trinajstić information content (AvgIpc) is 2.76. The molecule has 1 aliphatic rings. The molecule has 8 nitrogen and oxygen atoms in total. The maximum atomic E-state index is 13.7. The van der Waals surface area contributed by atoms with Gasteiger partial charge in [-0.1, -0.05) is 29.8 Å².